The molecule has 1 aliphatic carbocycles. The van der Waals surface area contributed by atoms with Gasteiger partial charge in [-0.3, -0.25) is 14.4 Å². The Morgan fingerprint density at radius 2 is 1.76 bits per heavy atom. The second-order valence-corrected chi connectivity index (χ2v) is 11.2. The Labute approximate surface area is 263 Å². The van der Waals surface area contributed by atoms with Crippen LogP contribution in [-0.2, 0) is 16.0 Å². The highest BCUT2D eigenvalue weighted by Crippen LogP contribution is 2.50. The monoisotopic (exact) mass is 615 g/mol. The summed E-state index contributed by atoms with van der Waals surface area (Å²) in [5.74, 6) is 2.36. The van der Waals surface area contributed by atoms with E-state index in [-0.39, 0.29) is 23.3 Å². The number of piperazine rings is 1. The topological polar surface area (TPSA) is 122 Å². The Bertz CT molecular complexity index is 1590. The van der Waals surface area contributed by atoms with Crippen molar-refractivity contribution in [2.45, 2.75) is 38.6 Å². The summed E-state index contributed by atoms with van der Waals surface area (Å²) in [6.45, 7) is 4.74. The zero-order valence-corrected chi connectivity index (χ0v) is 26.4. The lowest BCUT2D eigenvalue weighted by Crippen LogP contribution is -2.49. The molecule has 2 aliphatic rings. The Kier molecular flexibility index (Phi) is 10.1. The number of pyridine rings is 1. The number of carbonyl (C=O) groups excluding carboxylic acids is 2. The minimum absolute atomic E-state index is 0.108. The van der Waals surface area contributed by atoms with Crippen LogP contribution in [0.15, 0.2) is 53.5 Å². The van der Waals surface area contributed by atoms with Crippen molar-refractivity contribution in [3.63, 3.8) is 0 Å². The summed E-state index contributed by atoms with van der Waals surface area (Å²) < 4.78 is 17.1. The van der Waals surface area contributed by atoms with E-state index < -0.39 is 0 Å². The molecule has 2 aromatic carbocycles. The third-order valence-electron chi connectivity index (χ3n) is 8.40. The van der Waals surface area contributed by atoms with Gasteiger partial charge in [-0.2, -0.15) is 0 Å². The molecule has 11 heteroatoms. The zero-order valence-electron chi connectivity index (χ0n) is 26.4. The lowest BCUT2D eigenvalue weighted by atomic mass is 9.95. The van der Waals surface area contributed by atoms with Crippen LogP contribution in [0.4, 0.5) is 11.5 Å². The summed E-state index contributed by atoms with van der Waals surface area (Å²) in [6, 6.07) is 12.6. The number of anilines is 2. The quantitative estimate of drug-likeness (QED) is 0.328. The van der Waals surface area contributed by atoms with Gasteiger partial charge in [0.05, 0.1) is 33.1 Å². The van der Waals surface area contributed by atoms with Gasteiger partial charge >= 0.3 is 0 Å². The number of carbonyl (C=O) groups is 2. The number of amides is 2. The number of nitrogens with zero attached hydrogens (tertiary/aromatic N) is 3. The molecule has 1 fully saturated rings. The van der Waals surface area contributed by atoms with Gasteiger partial charge in [0.25, 0.3) is 0 Å². The summed E-state index contributed by atoms with van der Waals surface area (Å²) in [6.07, 6.45) is 3.96. The van der Waals surface area contributed by atoms with E-state index in [0.717, 1.165) is 35.6 Å². The van der Waals surface area contributed by atoms with Crippen LogP contribution in [0.2, 0.25) is 0 Å². The molecule has 0 spiro atoms. The molecule has 1 unspecified atom stereocenters. The summed E-state index contributed by atoms with van der Waals surface area (Å²) in [5, 5.41) is 6.27. The first-order valence-electron chi connectivity index (χ1n) is 15.3. The Hall–Kier alpha value is -4.80. The predicted octanol–water partition coefficient (Wildman–Crippen LogP) is 3.80. The Morgan fingerprint density at radius 1 is 0.978 bits per heavy atom. The molecule has 1 aliphatic heterocycles. The van der Waals surface area contributed by atoms with Crippen LogP contribution in [0.5, 0.6) is 17.2 Å². The third kappa shape index (κ3) is 6.97. The molecule has 2 heterocycles. The maximum Gasteiger partial charge on any atom is 0.222 e. The summed E-state index contributed by atoms with van der Waals surface area (Å²) in [5.41, 5.74) is 3.45. The van der Waals surface area contributed by atoms with E-state index in [1.54, 1.807) is 39.7 Å². The van der Waals surface area contributed by atoms with Crippen LogP contribution in [0.3, 0.4) is 0 Å². The third-order valence-corrected chi connectivity index (χ3v) is 8.40. The average Bonchev–Trinajstić information content (AvgIpc) is 3.30. The van der Waals surface area contributed by atoms with Gasteiger partial charge in [-0.05, 0) is 66.3 Å². The zero-order chi connectivity index (χ0) is 31.9. The number of fused-ring (bicyclic) bond motifs is 3. The van der Waals surface area contributed by atoms with E-state index in [9.17, 15) is 14.4 Å². The highest BCUT2D eigenvalue weighted by Gasteiger charge is 2.29. The van der Waals surface area contributed by atoms with Crippen molar-refractivity contribution in [3.8, 4) is 28.4 Å². The van der Waals surface area contributed by atoms with Gasteiger partial charge in [0.2, 0.25) is 23.0 Å². The normalized spacial score (nSPS) is 15.7. The molecular formula is C34H41N5O6. The number of nitrogens with one attached hydrogen (secondary N) is 2. The largest absolute Gasteiger partial charge is 0.493 e. The van der Waals surface area contributed by atoms with Crippen molar-refractivity contribution in [3.05, 3.63) is 70.0 Å². The van der Waals surface area contributed by atoms with Crippen molar-refractivity contribution in [2.75, 3.05) is 64.3 Å². The first kappa shape index (κ1) is 31.6. The first-order valence-corrected chi connectivity index (χ1v) is 15.3. The lowest BCUT2D eigenvalue weighted by Gasteiger charge is -2.35. The first-order chi connectivity index (χ1) is 21.8. The van der Waals surface area contributed by atoms with E-state index in [2.05, 4.69) is 20.5 Å². The number of rotatable bonds is 10. The molecule has 11 nitrogen and oxygen atoms in total. The van der Waals surface area contributed by atoms with Crippen LogP contribution in [0, 0.1) is 0 Å². The molecule has 238 valence electrons. The number of methoxy groups -OCH3 is 3. The second-order valence-electron chi connectivity index (χ2n) is 11.2. The second kappa shape index (κ2) is 14.3. The lowest BCUT2D eigenvalue weighted by molar-refractivity contribution is -0.131. The number of aromatic nitrogens is 1. The van der Waals surface area contributed by atoms with Gasteiger partial charge in [-0.1, -0.05) is 12.1 Å². The van der Waals surface area contributed by atoms with Gasteiger partial charge in [0.15, 0.2) is 11.5 Å². The van der Waals surface area contributed by atoms with Crippen LogP contribution in [-0.4, -0.2) is 75.8 Å². The predicted molar refractivity (Wildman–Crippen MR) is 173 cm³/mol. The molecule has 5 rings (SSSR count). The molecule has 45 heavy (non-hydrogen) atoms. The molecule has 2 N–H and O–H groups in total. The van der Waals surface area contributed by atoms with Gasteiger partial charge in [0, 0.05) is 57.8 Å². The minimum atomic E-state index is -0.379. The van der Waals surface area contributed by atoms with E-state index in [0.29, 0.717) is 73.8 Å². The van der Waals surface area contributed by atoms with E-state index in [1.807, 2.05) is 35.2 Å². The van der Waals surface area contributed by atoms with Crippen molar-refractivity contribution in [1.29, 1.82) is 0 Å². The summed E-state index contributed by atoms with van der Waals surface area (Å²) in [4.78, 5) is 47.1. The van der Waals surface area contributed by atoms with Gasteiger partial charge in [-0.15, -0.1) is 0 Å². The maximum absolute atomic E-state index is 13.5. The molecule has 2 amide bonds. The van der Waals surface area contributed by atoms with E-state index in [1.165, 1.54) is 6.92 Å². The van der Waals surface area contributed by atoms with Crippen LogP contribution in [0.25, 0.3) is 11.1 Å². The van der Waals surface area contributed by atoms with Crippen molar-refractivity contribution < 1.29 is 23.8 Å². The van der Waals surface area contributed by atoms with E-state index >= 15 is 0 Å². The molecule has 0 radical (unpaired) electrons. The molecular weight excluding hydrogens is 574 g/mol. The number of benzene rings is 1. The highest BCUT2D eigenvalue weighted by molar-refractivity contribution is 5.84. The van der Waals surface area contributed by atoms with Gasteiger partial charge < -0.3 is 34.6 Å². The van der Waals surface area contributed by atoms with E-state index in [4.69, 9.17) is 14.2 Å². The van der Waals surface area contributed by atoms with Gasteiger partial charge in [-0.25, -0.2) is 4.98 Å². The van der Waals surface area contributed by atoms with Crippen molar-refractivity contribution in [2.24, 2.45) is 0 Å². The summed E-state index contributed by atoms with van der Waals surface area (Å²) >= 11 is 0. The number of hydrogen-bond acceptors (Lipinski definition) is 9. The van der Waals surface area contributed by atoms with Crippen LogP contribution >= 0.6 is 0 Å². The molecule has 0 bridgehead atoms. The fourth-order valence-electron chi connectivity index (χ4n) is 6.20. The molecule has 3 aromatic rings. The minimum Gasteiger partial charge on any atom is -0.493 e. The average molecular weight is 616 g/mol. The fourth-order valence-corrected chi connectivity index (χ4v) is 6.20. The molecule has 1 aromatic heterocycles. The number of ether oxygens (including phenoxy) is 3. The Morgan fingerprint density at radius 3 is 2.42 bits per heavy atom. The molecule has 1 saturated heterocycles. The van der Waals surface area contributed by atoms with Crippen LogP contribution < -0.4 is 35.2 Å². The van der Waals surface area contributed by atoms with Crippen molar-refractivity contribution >= 4 is 23.3 Å². The smallest absolute Gasteiger partial charge is 0.222 e. The maximum atomic E-state index is 13.5. The number of hydrogen-bond donors (Lipinski definition) is 2. The standard InChI is InChI=1S/C34H41N5O6/c1-22(40)37-26-12-10-23-20-29(43-2)33(44-3)34(45-4)32(23)24-11-13-27(28(41)21-25(24)26)35-15-7-9-31(42)39-18-16-38(17-19-39)30-8-5-6-14-36-30/h5-6,8,11,13-14,20-21,26H,7,9-10,12,15-19H2,1-4H3,(H,35,41)(H,37,40). The van der Waals surface area contributed by atoms with Gasteiger partial charge in [0.1, 0.15) is 5.82 Å². The fraction of sp³-hybridized carbons (Fsp3) is 0.412. The highest BCUT2D eigenvalue weighted by atomic mass is 16.5. The summed E-state index contributed by atoms with van der Waals surface area (Å²) in [7, 11) is 4.71. The molecule has 1 atom stereocenters. The van der Waals surface area contributed by atoms with Crippen LogP contribution in [0.1, 0.15) is 43.4 Å². The SMILES string of the molecule is COc1cc2c(c(OC)c1OC)-c1ccc(NCCCC(=O)N3CCN(c4ccccn4)CC3)c(=O)cc1C(NC(C)=O)CC2. The van der Waals surface area contributed by atoms with Crippen molar-refractivity contribution in [1.82, 2.24) is 15.2 Å². The molecule has 0 saturated carbocycles. The number of aryl methyl sites for hydroxylation is 1. The Balaban J connectivity index is 1.32.